The summed E-state index contributed by atoms with van der Waals surface area (Å²) in [5, 5.41) is 1.04. The molecule has 0 fully saturated rings. The molecule has 0 radical (unpaired) electrons. The Bertz CT molecular complexity index is 1050. The SMILES string of the molecule is COCC(C)n1c(SCC(=O)c2ccccc2OC)nc2ccccc2c1=O. The molecule has 6 nitrogen and oxygen atoms in total. The molecule has 0 aliphatic carbocycles. The van der Waals surface area contributed by atoms with Gasteiger partial charge >= 0.3 is 0 Å². The highest BCUT2D eigenvalue weighted by molar-refractivity contribution is 7.99. The molecule has 0 saturated carbocycles. The Morgan fingerprint density at radius 1 is 1.14 bits per heavy atom. The van der Waals surface area contributed by atoms with E-state index in [-0.39, 0.29) is 23.1 Å². The van der Waals surface area contributed by atoms with Crippen molar-refractivity contribution in [3.8, 4) is 5.75 Å². The van der Waals surface area contributed by atoms with Crippen molar-refractivity contribution in [3.63, 3.8) is 0 Å². The van der Waals surface area contributed by atoms with Gasteiger partial charge in [-0.25, -0.2) is 4.98 Å². The van der Waals surface area contributed by atoms with Gasteiger partial charge in [-0.2, -0.15) is 0 Å². The topological polar surface area (TPSA) is 70.4 Å². The fourth-order valence-corrected chi connectivity index (χ4v) is 4.00. The predicted octanol–water partition coefficient (Wildman–Crippen LogP) is 3.59. The van der Waals surface area contributed by atoms with Gasteiger partial charge in [0.1, 0.15) is 5.75 Å². The summed E-state index contributed by atoms with van der Waals surface area (Å²) in [5.74, 6) is 0.589. The molecule has 0 saturated heterocycles. The molecule has 2 aromatic carbocycles. The standard InChI is InChI=1S/C21H22N2O4S/c1-14(12-26-2)23-20(25)15-8-4-6-10-17(15)22-21(23)28-13-18(24)16-9-5-7-11-19(16)27-3/h4-11,14H,12-13H2,1-3H3. The van der Waals surface area contributed by atoms with E-state index in [4.69, 9.17) is 9.47 Å². The minimum Gasteiger partial charge on any atom is -0.496 e. The van der Waals surface area contributed by atoms with Crippen LogP contribution in [0.2, 0.25) is 0 Å². The summed E-state index contributed by atoms with van der Waals surface area (Å²) in [5.41, 5.74) is 0.986. The van der Waals surface area contributed by atoms with Gasteiger partial charge in [-0.3, -0.25) is 14.2 Å². The number of carbonyl (C=O) groups is 1. The van der Waals surface area contributed by atoms with Gasteiger partial charge in [0, 0.05) is 7.11 Å². The van der Waals surface area contributed by atoms with Crippen molar-refractivity contribution in [2.24, 2.45) is 0 Å². The Kier molecular flexibility index (Phi) is 6.49. The smallest absolute Gasteiger partial charge is 0.262 e. The highest BCUT2D eigenvalue weighted by Crippen LogP contribution is 2.24. The van der Waals surface area contributed by atoms with Crippen LogP contribution in [0, 0.1) is 0 Å². The molecule has 0 amide bonds. The number of hydrogen-bond acceptors (Lipinski definition) is 6. The highest BCUT2D eigenvalue weighted by atomic mass is 32.2. The monoisotopic (exact) mass is 398 g/mol. The first-order valence-electron chi connectivity index (χ1n) is 8.86. The Balaban J connectivity index is 1.96. The number of aromatic nitrogens is 2. The number of ketones is 1. The van der Waals surface area contributed by atoms with Gasteiger partial charge < -0.3 is 9.47 Å². The van der Waals surface area contributed by atoms with E-state index in [1.807, 2.05) is 25.1 Å². The number of ether oxygens (including phenoxy) is 2. The van der Waals surface area contributed by atoms with Crippen LogP contribution in [0.3, 0.4) is 0 Å². The molecule has 1 heterocycles. The van der Waals surface area contributed by atoms with Crippen molar-refractivity contribution in [1.29, 1.82) is 0 Å². The van der Waals surface area contributed by atoms with Crippen LogP contribution in [0.15, 0.2) is 58.5 Å². The number of thioether (sulfide) groups is 1. The summed E-state index contributed by atoms with van der Waals surface area (Å²) in [6.45, 7) is 2.27. The molecule has 0 N–H and O–H groups in total. The molecule has 0 aliphatic heterocycles. The van der Waals surface area contributed by atoms with Gasteiger partial charge in [0.2, 0.25) is 0 Å². The molecular formula is C21H22N2O4S. The number of carbonyl (C=O) groups excluding carboxylic acids is 1. The fourth-order valence-electron chi connectivity index (χ4n) is 3.01. The number of fused-ring (bicyclic) bond motifs is 1. The lowest BCUT2D eigenvalue weighted by atomic mass is 10.1. The maximum atomic E-state index is 13.0. The first-order valence-corrected chi connectivity index (χ1v) is 9.84. The molecule has 3 rings (SSSR count). The molecule has 3 aromatic rings. The van der Waals surface area contributed by atoms with Crippen molar-refractivity contribution in [2.45, 2.75) is 18.1 Å². The first-order chi connectivity index (χ1) is 13.6. The minimum absolute atomic E-state index is 0.0872. The molecule has 146 valence electrons. The Labute approximate surface area is 167 Å². The maximum absolute atomic E-state index is 13.0. The minimum atomic E-state index is -0.210. The number of para-hydroxylation sites is 2. The Morgan fingerprint density at radius 3 is 2.61 bits per heavy atom. The van der Waals surface area contributed by atoms with Gasteiger partial charge in [-0.05, 0) is 31.2 Å². The van der Waals surface area contributed by atoms with E-state index < -0.39 is 0 Å². The zero-order chi connectivity index (χ0) is 20.1. The van der Waals surface area contributed by atoms with Crippen LogP contribution in [-0.4, -0.2) is 41.9 Å². The third-order valence-electron chi connectivity index (χ3n) is 4.36. The second kappa shape index (κ2) is 9.03. The van der Waals surface area contributed by atoms with E-state index in [1.165, 1.54) is 18.9 Å². The van der Waals surface area contributed by atoms with Crippen molar-refractivity contribution in [2.75, 3.05) is 26.6 Å². The predicted molar refractivity (Wildman–Crippen MR) is 111 cm³/mol. The summed E-state index contributed by atoms with van der Waals surface area (Å²) in [7, 11) is 3.13. The third kappa shape index (κ3) is 4.10. The lowest BCUT2D eigenvalue weighted by Gasteiger charge is -2.18. The number of benzene rings is 2. The van der Waals surface area contributed by atoms with Crippen molar-refractivity contribution < 1.29 is 14.3 Å². The average Bonchev–Trinajstić information content (AvgIpc) is 2.72. The van der Waals surface area contributed by atoms with Crippen molar-refractivity contribution in [3.05, 3.63) is 64.4 Å². The molecule has 0 bridgehead atoms. The molecule has 1 aromatic heterocycles. The van der Waals surface area contributed by atoms with Gasteiger partial charge in [-0.1, -0.05) is 36.0 Å². The molecule has 28 heavy (non-hydrogen) atoms. The van der Waals surface area contributed by atoms with Gasteiger partial charge in [0.15, 0.2) is 10.9 Å². The Hall–Kier alpha value is -2.64. The first kappa shape index (κ1) is 20.1. The van der Waals surface area contributed by atoms with Crippen LogP contribution in [0.1, 0.15) is 23.3 Å². The normalized spacial score (nSPS) is 12.1. The van der Waals surface area contributed by atoms with Crippen LogP contribution in [0.4, 0.5) is 0 Å². The molecule has 7 heteroatoms. The van der Waals surface area contributed by atoms with Gasteiger partial charge in [0.25, 0.3) is 5.56 Å². The van der Waals surface area contributed by atoms with Gasteiger partial charge in [-0.15, -0.1) is 0 Å². The number of Topliss-reactive ketones (excluding diaryl/α,β-unsaturated/α-hetero) is 1. The average molecular weight is 398 g/mol. The van der Waals surface area contributed by atoms with E-state index in [0.29, 0.717) is 34.0 Å². The lowest BCUT2D eigenvalue weighted by molar-refractivity contribution is 0.101. The van der Waals surface area contributed by atoms with E-state index in [2.05, 4.69) is 4.98 Å². The molecule has 1 atom stereocenters. The number of methoxy groups -OCH3 is 2. The quantitative estimate of drug-likeness (QED) is 0.328. The zero-order valence-corrected chi connectivity index (χ0v) is 16.9. The van der Waals surface area contributed by atoms with Crippen LogP contribution >= 0.6 is 11.8 Å². The van der Waals surface area contributed by atoms with E-state index in [9.17, 15) is 9.59 Å². The zero-order valence-electron chi connectivity index (χ0n) is 16.0. The molecule has 0 spiro atoms. The van der Waals surface area contributed by atoms with Gasteiger partial charge in [0.05, 0.1) is 42.0 Å². The van der Waals surface area contributed by atoms with Crippen molar-refractivity contribution >= 4 is 28.4 Å². The molecule has 1 unspecified atom stereocenters. The number of nitrogens with zero attached hydrogens (tertiary/aromatic N) is 2. The van der Waals surface area contributed by atoms with E-state index in [0.717, 1.165) is 0 Å². The maximum Gasteiger partial charge on any atom is 0.262 e. The van der Waals surface area contributed by atoms with Crippen molar-refractivity contribution in [1.82, 2.24) is 9.55 Å². The number of hydrogen-bond donors (Lipinski definition) is 0. The summed E-state index contributed by atoms with van der Waals surface area (Å²) in [6, 6.07) is 14.1. The largest absolute Gasteiger partial charge is 0.496 e. The molecule has 0 aliphatic rings. The highest BCUT2D eigenvalue weighted by Gasteiger charge is 2.19. The Morgan fingerprint density at radius 2 is 1.86 bits per heavy atom. The van der Waals surface area contributed by atoms with Crippen LogP contribution in [0.25, 0.3) is 10.9 Å². The fraction of sp³-hybridized carbons (Fsp3) is 0.286. The lowest BCUT2D eigenvalue weighted by Crippen LogP contribution is -2.28. The summed E-state index contributed by atoms with van der Waals surface area (Å²) in [4.78, 5) is 30.4. The van der Waals surface area contributed by atoms with Crippen LogP contribution in [-0.2, 0) is 4.74 Å². The number of rotatable bonds is 8. The van der Waals surface area contributed by atoms with Crippen LogP contribution < -0.4 is 10.3 Å². The molecular weight excluding hydrogens is 376 g/mol. The summed E-state index contributed by atoms with van der Waals surface area (Å²) < 4.78 is 12.1. The second-order valence-corrected chi connectivity index (χ2v) is 7.25. The summed E-state index contributed by atoms with van der Waals surface area (Å²) >= 11 is 1.24. The summed E-state index contributed by atoms with van der Waals surface area (Å²) in [6.07, 6.45) is 0. The van der Waals surface area contributed by atoms with Crippen LogP contribution in [0.5, 0.6) is 5.75 Å². The second-order valence-electron chi connectivity index (χ2n) is 6.30. The van der Waals surface area contributed by atoms with E-state index >= 15 is 0 Å². The third-order valence-corrected chi connectivity index (χ3v) is 5.32. The van der Waals surface area contributed by atoms with E-state index in [1.54, 1.807) is 42.0 Å².